The lowest BCUT2D eigenvalue weighted by atomic mass is 10.0. The molecule has 0 fully saturated rings. The van der Waals surface area contributed by atoms with Crippen LogP contribution in [0, 0.1) is 25.2 Å². The number of nitrogens with one attached hydrogen (secondary N) is 1. The third kappa shape index (κ3) is 4.01. The lowest BCUT2D eigenvalue weighted by molar-refractivity contribution is 0.105. The van der Waals surface area contributed by atoms with E-state index < -0.39 is 5.78 Å². The minimum atomic E-state index is -0.417. The normalized spacial score (nSPS) is 12.5. The van der Waals surface area contributed by atoms with Crippen LogP contribution in [0.3, 0.4) is 0 Å². The topological polar surface area (TPSA) is 91.5 Å². The molecule has 5 rings (SSSR count). The van der Waals surface area contributed by atoms with Gasteiger partial charge in [-0.25, -0.2) is 0 Å². The number of fused-ring (bicyclic) bond motifs is 1. The van der Waals surface area contributed by atoms with Crippen molar-refractivity contribution in [2.75, 3.05) is 0 Å². The summed E-state index contributed by atoms with van der Waals surface area (Å²) < 4.78 is 2.18. The van der Waals surface area contributed by atoms with Gasteiger partial charge in [-0.3, -0.25) is 19.1 Å². The molecule has 170 valence electrons. The van der Waals surface area contributed by atoms with Crippen molar-refractivity contribution >= 4 is 39.7 Å². The van der Waals surface area contributed by atoms with Gasteiger partial charge in [0.15, 0.2) is 0 Å². The monoisotopic (exact) mass is 476 g/mol. The van der Waals surface area contributed by atoms with E-state index in [9.17, 15) is 14.9 Å². The molecule has 0 amide bonds. The van der Waals surface area contributed by atoms with Crippen molar-refractivity contribution < 1.29 is 4.79 Å². The first-order chi connectivity index (χ1) is 17.0. The quantitative estimate of drug-likeness (QED) is 0.400. The Morgan fingerprint density at radius 2 is 1.77 bits per heavy atom. The van der Waals surface area contributed by atoms with Crippen molar-refractivity contribution in [3.8, 4) is 11.8 Å². The molecule has 7 heteroatoms. The fraction of sp³-hybridized carbons (Fsp3) is 0.0714. The van der Waals surface area contributed by atoms with Crippen LogP contribution in [0.1, 0.15) is 27.2 Å². The number of ketones is 1. The minimum absolute atomic E-state index is 0.0742. The van der Waals surface area contributed by atoms with E-state index in [0.29, 0.717) is 26.1 Å². The fourth-order valence-corrected chi connectivity index (χ4v) is 5.18. The Balaban J connectivity index is 1.85. The predicted molar refractivity (Wildman–Crippen MR) is 138 cm³/mol. The van der Waals surface area contributed by atoms with Crippen molar-refractivity contribution in [3.63, 3.8) is 0 Å². The molecule has 0 saturated heterocycles. The zero-order chi connectivity index (χ0) is 24.5. The number of benzene rings is 2. The molecule has 5 aromatic rings. The molecule has 6 nitrogen and oxygen atoms in total. The number of Topliss-reactive ketones (excluding diaryl/α,β-unsaturated/α-hetero) is 1. The third-order valence-electron chi connectivity index (χ3n) is 5.79. The van der Waals surface area contributed by atoms with Crippen LogP contribution in [-0.2, 0) is 0 Å². The number of carbonyl (C=O) groups excluding carboxylic acids is 1. The third-order valence-corrected chi connectivity index (χ3v) is 6.89. The molecule has 35 heavy (non-hydrogen) atoms. The molecule has 0 saturated carbocycles. The van der Waals surface area contributed by atoms with E-state index >= 15 is 0 Å². The van der Waals surface area contributed by atoms with Gasteiger partial charge in [-0.05, 0) is 55.8 Å². The highest BCUT2D eigenvalue weighted by atomic mass is 32.1. The number of rotatable bonds is 4. The van der Waals surface area contributed by atoms with E-state index in [0.717, 1.165) is 33.4 Å². The number of aromatic amines is 1. The predicted octanol–water partition coefficient (Wildman–Crippen LogP) is 3.78. The summed E-state index contributed by atoms with van der Waals surface area (Å²) in [7, 11) is 0. The SMILES string of the molecule is Cc1ccc(-n2c(=O)/c(=C/c3ccncc3)s/c2=C(/C#N)C(=O)c2c(C)[nH]c3ccccc23)cc1. The summed E-state index contributed by atoms with van der Waals surface area (Å²) in [5.41, 5.74) is 4.01. The first-order valence-electron chi connectivity index (χ1n) is 10.9. The summed E-state index contributed by atoms with van der Waals surface area (Å²) >= 11 is 1.13. The Kier molecular flexibility index (Phi) is 5.73. The Bertz CT molecular complexity index is 1800. The second kappa shape index (κ2) is 9.01. The van der Waals surface area contributed by atoms with Crippen LogP contribution in [0.2, 0.25) is 0 Å². The first-order valence-corrected chi connectivity index (χ1v) is 11.8. The second-order valence-corrected chi connectivity index (χ2v) is 9.19. The molecular formula is C28H20N4O2S. The van der Waals surface area contributed by atoms with E-state index in [1.807, 2.05) is 62.4 Å². The fourth-order valence-electron chi connectivity index (χ4n) is 4.08. The van der Waals surface area contributed by atoms with Gasteiger partial charge >= 0.3 is 0 Å². The van der Waals surface area contributed by atoms with Crippen molar-refractivity contribution in [1.29, 1.82) is 5.26 Å². The summed E-state index contributed by atoms with van der Waals surface area (Å²) in [6, 6.07) is 20.6. The smallest absolute Gasteiger partial charge is 0.273 e. The van der Waals surface area contributed by atoms with E-state index in [1.165, 1.54) is 4.57 Å². The maximum Gasteiger partial charge on any atom is 0.273 e. The molecule has 2 aromatic carbocycles. The number of aromatic nitrogens is 3. The summed E-state index contributed by atoms with van der Waals surface area (Å²) in [5, 5.41) is 10.9. The minimum Gasteiger partial charge on any atom is -0.358 e. The number of pyridine rings is 1. The number of hydrogen-bond donors (Lipinski definition) is 1. The van der Waals surface area contributed by atoms with Crippen LogP contribution in [-0.4, -0.2) is 20.3 Å². The molecule has 0 aliphatic rings. The molecular weight excluding hydrogens is 456 g/mol. The highest BCUT2D eigenvalue weighted by molar-refractivity contribution is 7.07. The highest BCUT2D eigenvalue weighted by Gasteiger charge is 2.23. The van der Waals surface area contributed by atoms with Crippen LogP contribution in [0.15, 0.2) is 77.9 Å². The maximum absolute atomic E-state index is 13.8. The molecule has 0 spiro atoms. The zero-order valence-electron chi connectivity index (χ0n) is 19.1. The number of thiazole rings is 1. The van der Waals surface area contributed by atoms with E-state index in [2.05, 4.69) is 16.0 Å². The van der Waals surface area contributed by atoms with Gasteiger partial charge in [-0.1, -0.05) is 35.9 Å². The van der Waals surface area contributed by atoms with Gasteiger partial charge in [-0.15, -0.1) is 11.3 Å². The molecule has 0 aliphatic carbocycles. The van der Waals surface area contributed by atoms with Gasteiger partial charge in [-0.2, -0.15) is 5.26 Å². The average Bonchev–Trinajstić information content (AvgIpc) is 3.36. The Morgan fingerprint density at radius 1 is 1.06 bits per heavy atom. The van der Waals surface area contributed by atoms with Gasteiger partial charge in [0.2, 0.25) is 5.78 Å². The van der Waals surface area contributed by atoms with Crippen LogP contribution in [0.25, 0.3) is 28.2 Å². The number of nitriles is 1. The standard InChI is InChI=1S/C28H20N4O2S/c1-17-7-9-20(10-8-17)32-27(34)24(15-19-11-13-30-14-12-19)35-28(32)22(16-29)26(33)25-18(2)31-23-6-4-3-5-21(23)25/h3-15,31H,1-2H3/b24-15-,28-22-. The molecule has 3 heterocycles. The van der Waals surface area contributed by atoms with Crippen molar-refractivity contribution in [1.82, 2.24) is 14.5 Å². The van der Waals surface area contributed by atoms with Gasteiger partial charge in [0, 0.05) is 29.0 Å². The Hall–Kier alpha value is -4.54. The summed E-state index contributed by atoms with van der Waals surface area (Å²) in [5.74, 6) is -0.417. The number of aryl methyl sites for hydroxylation is 2. The van der Waals surface area contributed by atoms with E-state index in [4.69, 9.17) is 0 Å². The number of H-pyrrole nitrogens is 1. The molecule has 0 aliphatic heterocycles. The lowest BCUT2D eigenvalue weighted by Crippen LogP contribution is -2.31. The maximum atomic E-state index is 13.8. The molecule has 0 atom stereocenters. The highest BCUT2D eigenvalue weighted by Crippen LogP contribution is 2.24. The van der Waals surface area contributed by atoms with Gasteiger partial charge in [0.1, 0.15) is 16.3 Å². The number of nitrogens with zero attached hydrogens (tertiary/aromatic N) is 3. The Morgan fingerprint density at radius 3 is 2.49 bits per heavy atom. The first kappa shape index (κ1) is 22.3. The second-order valence-electron chi connectivity index (χ2n) is 8.16. The Labute approximate surface area is 204 Å². The lowest BCUT2D eigenvalue weighted by Gasteiger charge is -2.05. The molecule has 0 unspecified atom stereocenters. The zero-order valence-corrected chi connectivity index (χ0v) is 19.9. The van der Waals surface area contributed by atoms with Gasteiger partial charge in [0.05, 0.1) is 15.8 Å². The van der Waals surface area contributed by atoms with Crippen LogP contribution >= 0.6 is 11.3 Å². The summed E-state index contributed by atoms with van der Waals surface area (Å²) in [4.78, 5) is 34.6. The van der Waals surface area contributed by atoms with Gasteiger partial charge in [0.25, 0.3) is 5.56 Å². The summed E-state index contributed by atoms with van der Waals surface area (Å²) in [6.07, 6.45) is 5.04. The van der Waals surface area contributed by atoms with Crippen LogP contribution in [0.5, 0.6) is 0 Å². The average molecular weight is 477 g/mol. The number of hydrogen-bond acceptors (Lipinski definition) is 5. The molecule has 3 aromatic heterocycles. The van der Waals surface area contributed by atoms with E-state index in [-0.39, 0.29) is 11.1 Å². The van der Waals surface area contributed by atoms with Crippen molar-refractivity contribution in [2.24, 2.45) is 0 Å². The van der Waals surface area contributed by atoms with Crippen LogP contribution < -0.4 is 14.8 Å². The molecule has 0 bridgehead atoms. The van der Waals surface area contributed by atoms with E-state index in [1.54, 1.807) is 30.6 Å². The summed E-state index contributed by atoms with van der Waals surface area (Å²) in [6.45, 7) is 3.77. The molecule has 1 N–H and O–H groups in total. The van der Waals surface area contributed by atoms with Gasteiger partial charge < -0.3 is 4.98 Å². The van der Waals surface area contributed by atoms with Crippen molar-refractivity contribution in [3.05, 3.63) is 115 Å². The molecule has 0 radical (unpaired) electrons. The number of para-hydroxylation sites is 1. The van der Waals surface area contributed by atoms with Crippen molar-refractivity contribution in [2.45, 2.75) is 13.8 Å². The largest absolute Gasteiger partial charge is 0.358 e. The number of carbonyl (C=O) groups is 1. The van der Waals surface area contributed by atoms with Crippen LogP contribution in [0.4, 0.5) is 0 Å².